The molecular weight excluding hydrogens is 372 g/mol. The van der Waals surface area contributed by atoms with Gasteiger partial charge in [-0.05, 0) is 66.6 Å². The number of carboxylic acids is 1. The van der Waals surface area contributed by atoms with Crippen molar-refractivity contribution in [2.24, 2.45) is 0 Å². The van der Waals surface area contributed by atoms with Gasteiger partial charge in [0.05, 0.1) is 5.92 Å². The van der Waals surface area contributed by atoms with Crippen molar-refractivity contribution in [1.82, 2.24) is 0 Å². The van der Waals surface area contributed by atoms with E-state index in [2.05, 4.69) is 13.0 Å². The van der Waals surface area contributed by atoms with E-state index in [9.17, 15) is 9.90 Å². The quantitative estimate of drug-likeness (QED) is 0.503. The third-order valence-corrected chi connectivity index (χ3v) is 5.70. The number of ether oxygens (including phenoxy) is 2. The van der Waals surface area contributed by atoms with E-state index in [0.29, 0.717) is 19.6 Å². The lowest BCUT2D eigenvalue weighted by Gasteiger charge is -2.13. The molecule has 0 saturated carbocycles. The summed E-state index contributed by atoms with van der Waals surface area (Å²) in [5, 5.41) is 11.4. The lowest BCUT2D eigenvalue weighted by atomic mass is 9.98. The summed E-state index contributed by atoms with van der Waals surface area (Å²) in [7, 11) is 0. The van der Waals surface area contributed by atoms with E-state index in [-0.39, 0.29) is 0 Å². The summed E-state index contributed by atoms with van der Waals surface area (Å²) in [6.45, 7) is 5.02. The molecule has 0 radical (unpaired) electrons. The second-order valence-corrected chi connectivity index (χ2v) is 7.63. The molecule has 1 unspecified atom stereocenters. The normalized spacial score (nSPS) is 11.8. The van der Waals surface area contributed by atoms with Crippen molar-refractivity contribution < 1.29 is 19.4 Å². The number of carbonyl (C=O) groups is 1. The SMILES string of the molecule is Cc1cccc(OCCOc2ccc(CC(C(=O)O)c3cccs3)cc2)c1C. The number of hydrogen-bond donors (Lipinski definition) is 1. The lowest BCUT2D eigenvalue weighted by Crippen LogP contribution is -2.13. The summed E-state index contributed by atoms with van der Waals surface area (Å²) in [6, 6.07) is 17.4. The number of carboxylic acid groups (broad SMARTS) is 1. The second kappa shape index (κ2) is 9.42. The fourth-order valence-corrected chi connectivity index (χ4v) is 3.77. The van der Waals surface area contributed by atoms with Gasteiger partial charge in [-0.25, -0.2) is 0 Å². The molecule has 0 aliphatic heterocycles. The molecule has 0 spiro atoms. The molecule has 1 atom stereocenters. The first-order valence-electron chi connectivity index (χ1n) is 9.21. The Bertz CT molecular complexity index is 901. The molecular formula is C23H24O4S. The number of hydrogen-bond acceptors (Lipinski definition) is 4. The number of aliphatic carboxylic acids is 1. The molecule has 1 aromatic heterocycles. The van der Waals surface area contributed by atoms with Gasteiger partial charge in [-0.1, -0.05) is 30.3 Å². The third-order valence-electron chi connectivity index (χ3n) is 4.71. The van der Waals surface area contributed by atoms with Crippen LogP contribution in [0.25, 0.3) is 0 Å². The predicted molar refractivity (Wildman–Crippen MR) is 112 cm³/mol. The Morgan fingerprint density at radius 1 is 1.00 bits per heavy atom. The first kappa shape index (κ1) is 20.0. The van der Waals surface area contributed by atoms with E-state index in [1.54, 1.807) is 0 Å². The monoisotopic (exact) mass is 396 g/mol. The van der Waals surface area contributed by atoms with Gasteiger partial charge in [-0.2, -0.15) is 0 Å². The van der Waals surface area contributed by atoms with Crippen LogP contribution in [0.1, 0.15) is 27.5 Å². The Morgan fingerprint density at radius 2 is 1.75 bits per heavy atom. The largest absolute Gasteiger partial charge is 0.490 e. The molecule has 0 amide bonds. The highest BCUT2D eigenvalue weighted by Gasteiger charge is 2.21. The summed E-state index contributed by atoms with van der Waals surface area (Å²) in [4.78, 5) is 12.4. The minimum atomic E-state index is -0.800. The zero-order chi connectivity index (χ0) is 19.9. The summed E-state index contributed by atoms with van der Waals surface area (Å²) in [5.41, 5.74) is 3.32. The Morgan fingerprint density at radius 3 is 2.43 bits per heavy atom. The molecule has 0 saturated heterocycles. The van der Waals surface area contributed by atoms with Gasteiger partial charge in [0.1, 0.15) is 24.7 Å². The number of aryl methyl sites for hydroxylation is 1. The maximum atomic E-state index is 11.6. The maximum absolute atomic E-state index is 11.6. The average molecular weight is 397 g/mol. The molecule has 146 valence electrons. The third kappa shape index (κ3) is 5.14. The van der Waals surface area contributed by atoms with Crippen LogP contribution in [-0.4, -0.2) is 24.3 Å². The molecule has 2 aromatic carbocycles. The van der Waals surface area contributed by atoms with Gasteiger partial charge in [0.25, 0.3) is 0 Å². The minimum absolute atomic E-state index is 0.444. The van der Waals surface area contributed by atoms with Crippen LogP contribution >= 0.6 is 11.3 Å². The van der Waals surface area contributed by atoms with Crippen LogP contribution in [-0.2, 0) is 11.2 Å². The second-order valence-electron chi connectivity index (χ2n) is 6.65. The molecule has 0 aliphatic rings. The topological polar surface area (TPSA) is 55.8 Å². The molecule has 28 heavy (non-hydrogen) atoms. The van der Waals surface area contributed by atoms with Crippen molar-refractivity contribution >= 4 is 17.3 Å². The van der Waals surface area contributed by atoms with Crippen LogP contribution < -0.4 is 9.47 Å². The van der Waals surface area contributed by atoms with Crippen molar-refractivity contribution in [3.05, 3.63) is 81.5 Å². The number of rotatable bonds is 9. The van der Waals surface area contributed by atoms with Crippen LogP contribution in [0.3, 0.4) is 0 Å². The number of benzene rings is 2. The minimum Gasteiger partial charge on any atom is -0.490 e. The van der Waals surface area contributed by atoms with E-state index in [1.165, 1.54) is 16.9 Å². The molecule has 5 heteroatoms. The fourth-order valence-electron chi connectivity index (χ4n) is 2.95. The van der Waals surface area contributed by atoms with E-state index in [0.717, 1.165) is 27.5 Å². The first-order chi connectivity index (χ1) is 13.5. The molecule has 3 rings (SSSR count). The standard InChI is InChI=1S/C23H24O4S/c1-16-5-3-6-21(17(16)2)27-13-12-26-19-10-8-18(9-11-19)15-20(23(24)25)22-7-4-14-28-22/h3-11,14,20H,12-13,15H2,1-2H3,(H,24,25). The Kier molecular flexibility index (Phi) is 6.71. The molecule has 3 aromatic rings. The smallest absolute Gasteiger partial charge is 0.312 e. The Labute approximate surface area is 169 Å². The highest BCUT2D eigenvalue weighted by atomic mass is 32.1. The van der Waals surface area contributed by atoms with Crippen LogP contribution in [0.2, 0.25) is 0 Å². The number of thiophene rings is 1. The molecule has 1 heterocycles. The highest BCUT2D eigenvalue weighted by molar-refractivity contribution is 7.10. The van der Waals surface area contributed by atoms with Crippen molar-refractivity contribution in [3.63, 3.8) is 0 Å². The Hall–Kier alpha value is -2.79. The van der Waals surface area contributed by atoms with Gasteiger partial charge in [-0.3, -0.25) is 4.79 Å². The van der Waals surface area contributed by atoms with Gasteiger partial charge in [0, 0.05) is 4.88 Å². The van der Waals surface area contributed by atoms with E-state index >= 15 is 0 Å². The Balaban J connectivity index is 1.50. The lowest BCUT2D eigenvalue weighted by molar-refractivity contribution is -0.138. The summed E-state index contributed by atoms with van der Waals surface area (Å²) in [6.07, 6.45) is 0.464. The molecule has 0 bridgehead atoms. The van der Waals surface area contributed by atoms with E-state index < -0.39 is 11.9 Å². The van der Waals surface area contributed by atoms with Crippen LogP contribution in [0.4, 0.5) is 0 Å². The van der Waals surface area contributed by atoms with Gasteiger partial charge >= 0.3 is 5.97 Å². The van der Waals surface area contributed by atoms with Crippen molar-refractivity contribution in [1.29, 1.82) is 0 Å². The summed E-state index contributed by atoms with van der Waals surface area (Å²) >= 11 is 1.48. The van der Waals surface area contributed by atoms with E-state index in [4.69, 9.17) is 9.47 Å². The van der Waals surface area contributed by atoms with Crippen LogP contribution in [0, 0.1) is 13.8 Å². The van der Waals surface area contributed by atoms with Crippen LogP contribution in [0.15, 0.2) is 60.0 Å². The van der Waals surface area contributed by atoms with Crippen molar-refractivity contribution in [3.8, 4) is 11.5 Å². The zero-order valence-corrected chi connectivity index (χ0v) is 16.9. The molecule has 0 aliphatic carbocycles. The van der Waals surface area contributed by atoms with Crippen molar-refractivity contribution in [2.45, 2.75) is 26.2 Å². The van der Waals surface area contributed by atoms with Crippen molar-refractivity contribution in [2.75, 3.05) is 13.2 Å². The highest BCUT2D eigenvalue weighted by Crippen LogP contribution is 2.26. The first-order valence-corrected chi connectivity index (χ1v) is 10.1. The molecule has 0 fully saturated rings. The van der Waals surface area contributed by atoms with Gasteiger partial charge in [0.15, 0.2) is 0 Å². The van der Waals surface area contributed by atoms with E-state index in [1.807, 2.05) is 60.8 Å². The fraction of sp³-hybridized carbons (Fsp3) is 0.261. The maximum Gasteiger partial charge on any atom is 0.312 e. The predicted octanol–water partition coefficient (Wildman–Crippen LogP) is 5.23. The summed E-state index contributed by atoms with van der Waals surface area (Å²) in [5.74, 6) is 0.313. The molecule has 1 N–H and O–H groups in total. The van der Waals surface area contributed by atoms with Gasteiger partial charge < -0.3 is 14.6 Å². The van der Waals surface area contributed by atoms with Gasteiger partial charge in [0.2, 0.25) is 0 Å². The summed E-state index contributed by atoms with van der Waals surface area (Å²) < 4.78 is 11.5. The average Bonchev–Trinajstić information content (AvgIpc) is 3.21. The molecule has 4 nitrogen and oxygen atoms in total. The van der Waals surface area contributed by atoms with Gasteiger partial charge in [-0.15, -0.1) is 11.3 Å². The van der Waals surface area contributed by atoms with Crippen LogP contribution in [0.5, 0.6) is 11.5 Å². The zero-order valence-electron chi connectivity index (χ0n) is 16.1.